The maximum Gasteiger partial charge on any atom is 0.279 e. The fourth-order valence-corrected chi connectivity index (χ4v) is 1.60. The lowest BCUT2D eigenvalue weighted by Gasteiger charge is -2.26. The molecule has 0 saturated carbocycles. The van der Waals surface area contributed by atoms with Gasteiger partial charge >= 0.3 is 0 Å². The van der Waals surface area contributed by atoms with Gasteiger partial charge in [-0.15, -0.1) is 0 Å². The molecule has 1 fully saturated rings. The summed E-state index contributed by atoms with van der Waals surface area (Å²) >= 11 is 0. The molecule has 2 heterocycles. The molecule has 1 amide bonds. The van der Waals surface area contributed by atoms with Gasteiger partial charge in [0.05, 0.1) is 17.9 Å². The normalized spacial score (nSPS) is 16.5. The summed E-state index contributed by atoms with van der Waals surface area (Å²) in [5, 5.41) is 1.44. The third kappa shape index (κ3) is 2.15. The summed E-state index contributed by atoms with van der Waals surface area (Å²) in [4.78, 5) is 21.4. The van der Waals surface area contributed by atoms with E-state index in [1.54, 1.807) is 18.3 Å². The van der Waals surface area contributed by atoms with Crippen LogP contribution in [0, 0.1) is 6.92 Å². The number of hydroxylamine groups is 2. The summed E-state index contributed by atoms with van der Waals surface area (Å²) in [5.41, 5.74) is 1.37. The lowest BCUT2D eigenvalue weighted by atomic mass is 10.2. The van der Waals surface area contributed by atoms with E-state index in [2.05, 4.69) is 4.98 Å². The Hall–Kier alpha value is -1.42. The topological polar surface area (TPSA) is 42.4 Å². The molecule has 0 radical (unpaired) electrons. The Morgan fingerprint density at radius 3 is 3.07 bits per heavy atom. The maximum atomic E-state index is 12.0. The Kier molecular flexibility index (Phi) is 2.97. The molecule has 4 nitrogen and oxygen atoms in total. The molecule has 4 heteroatoms. The van der Waals surface area contributed by atoms with Gasteiger partial charge in [-0.1, -0.05) is 0 Å². The van der Waals surface area contributed by atoms with Crippen molar-refractivity contribution >= 4 is 5.91 Å². The van der Waals surface area contributed by atoms with Gasteiger partial charge in [0.2, 0.25) is 0 Å². The predicted octanol–water partition coefficient (Wildman–Crippen LogP) is 1.56. The lowest BCUT2D eigenvalue weighted by molar-refractivity contribution is -0.144. The third-order valence-corrected chi connectivity index (χ3v) is 2.47. The largest absolute Gasteiger partial charge is 0.279 e. The van der Waals surface area contributed by atoms with Crippen LogP contribution in [0.4, 0.5) is 0 Å². The van der Waals surface area contributed by atoms with Crippen molar-refractivity contribution in [2.75, 3.05) is 13.2 Å². The van der Waals surface area contributed by atoms with Crippen LogP contribution >= 0.6 is 0 Å². The van der Waals surface area contributed by atoms with Gasteiger partial charge in [0.25, 0.3) is 5.91 Å². The van der Waals surface area contributed by atoms with Crippen LogP contribution in [0.3, 0.4) is 0 Å². The first-order chi connectivity index (χ1) is 7.29. The van der Waals surface area contributed by atoms with Gasteiger partial charge in [0.15, 0.2) is 0 Å². The van der Waals surface area contributed by atoms with E-state index in [9.17, 15) is 4.79 Å². The third-order valence-electron chi connectivity index (χ3n) is 2.47. The zero-order valence-corrected chi connectivity index (χ0v) is 8.77. The van der Waals surface area contributed by atoms with Crippen molar-refractivity contribution in [1.29, 1.82) is 0 Å². The van der Waals surface area contributed by atoms with Gasteiger partial charge in [-0.2, -0.15) is 0 Å². The quantitative estimate of drug-likeness (QED) is 0.700. The molecule has 0 aliphatic carbocycles. The van der Waals surface area contributed by atoms with E-state index in [1.807, 2.05) is 6.92 Å². The van der Waals surface area contributed by atoms with E-state index in [4.69, 9.17) is 4.84 Å². The average molecular weight is 206 g/mol. The zero-order chi connectivity index (χ0) is 10.7. The van der Waals surface area contributed by atoms with Crippen molar-refractivity contribution in [3.8, 4) is 0 Å². The molecule has 1 aliphatic heterocycles. The Labute approximate surface area is 88.8 Å². The number of carbonyl (C=O) groups is 1. The smallest absolute Gasteiger partial charge is 0.271 e. The van der Waals surface area contributed by atoms with Crippen LogP contribution in [0.1, 0.15) is 28.9 Å². The summed E-state index contributed by atoms with van der Waals surface area (Å²) in [6.07, 6.45) is 3.71. The van der Waals surface area contributed by atoms with Crippen molar-refractivity contribution < 1.29 is 9.63 Å². The molecule has 0 aromatic carbocycles. The van der Waals surface area contributed by atoms with Crippen molar-refractivity contribution in [2.24, 2.45) is 0 Å². The molecule has 1 aromatic heterocycles. The Bertz CT molecular complexity index is 359. The SMILES string of the molecule is Cc1ncccc1C(=O)N1CCCCO1. The molecular formula is C11H14N2O2. The highest BCUT2D eigenvalue weighted by molar-refractivity contribution is 5.94. The molecule has 1 saturated heterocycles. The number of rotatable bonds is 1. The molecule has 0 spiro atoms. The van der Waals surface area contributed by atoms with E-state index >= 15 is 0 Å². The van der Waals surface area contributed by atoms with E-state index in [1.165, 1.54) is 5.06 Å². The molecule has 0 bridgehead atoms. The number of pyridine rings is 1. The van der Waals surface area contributed by atoms with Crippen LogP contribution in [0.5, 0.6) is 0 Å². The summed E-state index contributed by atoms with van der Waals surface area (Å²) in [6, 6.07) is 3.55. The number of amides is 1. The summed E-state index contributed by atoms with van der Waals surface area (Å²) in [6.45, 7) is 3.13. The second kappa shape index (κ2) is 4.40. The van der Waals surface area contributed by atoms with E-state index in [0.29, 0.717) is 18.7 Å². The highest BCUT2D eigenvalue weighted by Crippen LogP contribution is 2.12. The second-order valence-corrected chi connectivity index (χ2v) is 3.58. The number of carbonyl (C=O) groups excluding carboxylic acids is 1. The molecule has 0 unspecified atom stereocenters. The number of aromatic nitrogens is 1. The highest BCUT2D eigenvalue weighted by atomic mass is 16.7. The number of nitrogens with zero attached hydrogens (tertiary/aromatic N) is 2. The van der Waals surface area contributed by atoms with Gasteiger partial charge in [0.1, 0.15) is 0 Å². The molecule has 1 aromatic rings. The Balaban J connectivity index is 2.16. The zero-order valence-electron chi connectivity index (χ0n) is 8.77. The van der Waals surface area contributed by atoms with Gasteiger partial charge in [-0.25, -0.2) is 5.06 Å². The molecule has 15 heavy (non-hydrogen) atoms. The van der Waals surface area contributed by atoms with Crippen LogP contribution < -0.4 is 0 Å². The lowest BCUT2D eigenvalue weighted by Crippen LogP contribution is -2.36. The number of hydrogen-bond donors (Lipinski definition) is 0. The van der Waals surface area contributed by atoms with E-state index in [-0.39, 0.29) is 5.91 Å². The van der Waals surface area contributed by atoms with Crippen LogP contribution in [0.2, 0.25) is 0 Å². The van der Waals surface area contributed by atoms with Crippen molar-refractivity contribution in [2.45, 2.75) is 19.8 Å². The first-order valence-corrected chi connectivity index (χ1v) is 5.15. The summed E-state index contributed by atoms with van der Waals surface area (Å²) < 4.78 is 0. The van der Waals surface area contributed by atoms with Crippen LogP contribution in [-0.4, -0.2) is 29.1 Å². The van der Waals surface area contributed by atoms with Gasteiger partial charge < -0.3 is 0 Å². The fourth-order valence-electron chi connectivity index (χ4n) is 1.60. The van der Waals surface area contributed by atoms with Crippen molar-refractivity contribution in [1.82, 2.24) is 10.0 Å². The van der Waals surface area contributed by atoms with Crippen molar-refractivity contribution in [3.05, 3.63) is 29.6 Å². The highest BCUT2D eigenvalue weighted by Gasteiger charge is 2.20. The molecule has 0 atom stereocenters. The minimum absolute atomic E-state index is 0.0831. The summed E-state index contributed by atoms with van der Waals surface area (Å²) in [7, 11) is 0. The standard InChI is InChI=1S/C11H14N2O2/c1-9-10(5-4-6-12-9)11(14)13-7-2-3-8-15-13/h4-6H,2-3,7-8H2,1H3. The van der Waals surface area contributed by atoms with Crippen molar-refractivity contribution in [3.63, 3.8) is 0 Å². The maximum absolute atomic E-state index is 12.0. The summed E-state index contributed by atoms with van der Waals surface area (Å²) in [5.74, 6) is -0.0831. The minimum atomic E-state index is -0.0831. The predicted molar refractivity (Wildman–Crippen MR) is 55.2 cm³/mol. The minimum Gasteiger partial charge on any atom is -0.271 e. The number of hydrogen-bond acceptors (Lipinski definition) is 3. The van der Waals surface area contributed by atoms with Gasteiger partial charge in [0, 0.05) is 12.7 Å². The van der Waals surface area contributed by atoms with Crippen LogP contribution in [-0.2, 0) is 4.84 Å². The van der Waals surface area contributed by atoms with Gasteiger partial charge in [-0.05, 0) is 31.9 Å². The second-order valence-electron chi connectivity index (χ2n) is 3.58. The van der Waals surface area contributed by atoms with E-state index < -0.39 is 0 Å². The fraction of sp³-hybridized carbons (Fsp3) is 0.455. The van der Waals surface area contributed by atoms with Crippen LogP contribution in [0.25, 0.3) is 0 Å². The van der Waals surface area contributed by atoms with E-state index in [0.717, 1.165) is 18.5 Å². The monoisotopic (exact) mass is 206 g/mol. The molecule has 1 aliphatic rings. The molecule has 2 rings (SSSR count). The number of aryl methyl sites for hydroxylation is 1. The average Bonchev–Trinajstić information content (AvgIpc) is 2.30. The Morgan fingerprint density at radius 1 is 1.53 bits per heavy atom. The van der Waals surface area contributed by atoms with Crippen LogP contribution in [0.15, 0.2) is 18.3 Å². The molecular weight excluding hydrogens is 192 g/mol. The Morgan fingerprint density at radius 2 is 2.40 bits per heavy atom. The van der Waals surface area contributed by atoms with Gasteiger partial charge in [-0.3, -0.25) is 14.6 Å². The first-order valence-electron chi connectivity index (χ1n) is 5.15. The molecule has 80 valence electrons. The first kappa shape index (κ1) is 10.1. The molecule has 0 N–H and O–H groups in total.